The van der Waals surface area contributed by atoms with Crippen LogP contribution in [0.3, 0.4) is 0 Å². The van der Waals surface area contributed by atoms with E-state index in [0.29, 0.717) is 23.0 Å². The Labute approximate surface area is 166 Å². The van der Waals surface area contributed by atoms with E-state index in [1.165, 1.54) is 5.56 Å². The summed E-state index contributed by atoms with van der Waals surface area (Å²) in [5, 5.41) is 0.507. The van der Waals surface area contributed by atoms with Crippen molar-refractivity contribution in [1.82, 2.24) is 14.9 Å². The topological polar surface area (TPSA) is 49.3 Å². The van der Waals surface area contributed by atoms with Crippen molar-refractivity contribution in [2.75, 3.05) is 31.1 Å². The number of amides is 1. The van der Waals surface area contributed by atoms with Crippen LogP contribution in [0.4, 0.5) is 5.82 Å². The first-order chi connectivity index (χ1) is 12.9. The zero-order valence-corrected chi connectivity index (χ0v) is 17.3. The number of aryl methyl sites for hydroxylation is 2. The summed E-state index contributed by atoms with van der Waals surface area (Å²) in [6, 6.07) is 7.25. The Morgan fingerprint density at radius 3 is 2.52 bits per heavy atom. The van der Waals surface area contributed by atoms with E-state index in [1.807, 2.05) is 24.0 Å². The molecule has 0 radical (unpaired) electrons. The van der Waals surface area contributed by atoms with E-state index in [9.17, 15) is 4.79 Å². The van der Waals surface area contributed by atoms with Gasteiger partial charge in [0.15, 0.2) is 0 Å². The summed E-state index contributed by atoms with van der Waals surface area (Å²) in [6.45, 7) is 11.4. The van der Waals surface area contributed by atoms with Gasteiger partial charge in [-0.2, -0.15) is 0 Å². The number of benzene rings is 1. The molecule has 1 amide bonds. The van der Waals surface area contributed by atoms with Crippen molar-refractivity contribution in [3.63, 3.8) is 0 Å². The molecule has 0 unspecified atom stereocenters. The van der Waals surface area contributed by atoms with Gasteiger partial charge in [0.1, 0.15) is 11.6 Å². The van der Waals surface area contributed by atoms with E-state index in [2.05, 4.69) is 30.7 Å². The van der Waals surface area contributed by atoms with Crippen molar-refractivity contribution in [2.24, 2.45) is 0 Å². The lowest BCUT2D eigenvalue weighted by molar-refractivity contribution is 0.0767. The Kier molecular flexibility index (Phi) is 6.00. The largest absolute Gasteiger partial charge is 0.354 e. The van der Waals surface area contributed by atoms with Crippen molar-refractivity contribution >= 4 is 23.3 Å². The molecule has 0 saturated carbocycles. The maximum absolute atomic E-state index is 12.9. The van der Waals surface area contributed by atoms with Crippen LogP contribution in [0.2, 0.25) is 5.02 Å². The lowest BCUT2D eigenvalue weighted by Gasteiger charge is -2.27. The van der Waals surface area contributed by atoms with E-state index in [0.717, 1.165) is 43.4 Å². The second kappa shape index (κ2) is 8.26. The molecular formula is C21H27ClN4O. The molecule has 0 spiro atoms. The minimum absolute atomic E-state index is 0.00146. The van der Waals surface area contributed by atoms with Crippen LogP contribution in [0.5, 0.6) is 0 Å². The molecule has 2 heterocycles. The fourth-order valence-electron chi connectivity index (χ4n) is 3.76. The Morgan fingerprint density at radius 1 is 1.07 bits per heavy atom. The molecule has 5 nitrogen and oxygen atoms in total. The van der Waals surface area contributed by atoms with Crippen molar-refractivity contribution < 1.29 is 4.79 Å². The molecule has 3 rings (SSSR count). The number of rotatable bonds is 3. The van der Waals surface area contributed by atoms with Crippen LogP contribution in [-0.4, -0.2) is 47.0 Å². The van der Waals surface area contributed by atoms with Gasteiger partial charge in [-0.1, -0.05) is 37.6 Å². The number of hydrogen-bond acceptors (Lipinski definition) is 4. The minimum atomic E-state index is 0.00146. The molecule has 0 N–H and O–H groups in total. The summed E-state index contributed by atoms with van der Waals surface area (Å²) in [7, 11) is 0. The van der Waals surface area contributed by atoms with Crippen molar-refractivity contribution in [3.8, 4) is 0 Å². The third-order valence-corrected chi connectivity index (χ3v) is 5.32. The normalized spacial score (nSPS) is 15.2. The number of carbonyl (C=O) groups is 1. The first kappa shape index (κ1) is 19.6. The first-order valence-corrected chi connectivity index (χ1v) is 9.90. The number of aromatic nitrogens is 2. The third-order valence-electron chi connectivity index (χ3n) is 4.99. The van der Waals surface area contributed by atoms with Crippen molar-refractivity contribution in [3.05, 3.63) is 51.9 Å². The Hall–Kier alpha value is -2.14. The van der Waals surface area contributed by atoms with Gasteiger partial charge < -0.3 is 9.80 Å². The number of carbonyl (C=O) groups excluding carboxylic acids is 1. The van der Waals surface area contributed by atoms with E-state index >= 15 is 0 Å². The predicted molar refractivity (Wildman–Crippen MR) is 110 cm³/mol. The molecule has 1 fully saturated rings. The summed E-state index contributed by atoms with van der Waals surface area (Å²) in [6.07, 6.45) is 0.899. The molecular weight excluding hydrogens is 360 g/mol. The van der Waals surface area contributed by atoms with Gasteiger partial charge in [-0.15, -0.1) is 0 Å². The molecule has 27 heavy (non-hydrogen) atoms. The second-order valence-electron chi connectivity index (χ2n) is 7.36. The van der Waals surface area contributed by atoms with Crippen molar-refractivity contribution in [2.45, 2.75) is 40.0 Å². The SMILES string of the molecule is Cc1nc(C)c(C(C)C)c(N2CCCN(C(=O)c3ccccc3Cl)CC2)n1. The summed E-state index contributed by atoms with van der Waals surface area (Å²) in [5.41, 5.74) is 2.82. The molecule has 1 aliphatic heterocycles. The number of anilines is 1. The highest BCUT2D eigenvalue weighted by molar-refractivity contribution is 6.33. The summed E-state index contributed by atoms with van der Waals surface area (Å²) in [4.78, 5) is 26.4. The van der Waals surface area contributed by atoms with Crippen molar-refractivity contribution in [1.29, 1.82) is 0 Å². The molecule has 2 aromatic rings. The molecule has 6 heteroatoms. The van der Waals surface area contributed by atoms with Crippen LogP contribution >= 0.6 is 11.6 Å². The Bertz CT molecular complexity index is 837. The fourth-order valence-corrected chi connectivity index (χ4v) is 3.97. The van der Waals surface area contributed by atoms with Crippen LogP contribution in [0, 0.1) is 13.8 Å². The molecule has 1 saturated heterocycles. The molecule has 0 bridgehead atoms. The van der Waals surface area contributed by atoms with Gasteiger partial charge in [-0.25, -0.2) is 9.97 Å². The molecule has 0 aliphatic carbocycles. The molecule has 1 aromatic heterocycles. The number of hydrogen-bond donors (Lipinski definition) is 0. The smallest absolute Gasteiger partial charge is 0.255 e. The van der Waals surface area contributed by atoms with Gasteiger partial charge in [-0.3, -0.25) is 4.79 Å². The lowest BCUT2D eigenvalue weighted by atomic mass is 10.0. The second-order valence-corrected chi connectivity index (χ2v) is 7.77. The van der Waals surface area contributed by atoms with E-state index in [1.54, 1.807) is 12.1 Å². The van der Waals surface area contributed by atoms with Gasteiger partial charge in [0, 0.05) is 37.4 Å². The average Bonchev–Trinajstić information content (AvgIpc) is 2.86. The highest BCUT2D eigenvalue weighted by Gasteiger charge is 2.25. The van der Waals surface area contributed by atoms with Crippen LogP contribution in [-0.2, 0) is 0 Å². The highest BCUT2D eigenvalue weighted by Crippen LogP contribution is 2.29. The van der Waals surface area contributed by atoms with Gasteiger partial charge in [0.25, 0.3) is 5.91 Å². The average molecular weight is 387 g/mol. The van der Waals surface area contributed by atoms with Crippen LogP contribution in [0.25, 0.3) is 0 Å². The summed E-state index contributed by atoms with van der Waals surface area (Å²) in [5.74, 6) is 2.16. The molecule has 1 aliphatic rings. The fraction of sp³-hybridized carbons (Fsp3) is 0.476. The first-order valence-electron chi connectivity index (χ1n) is 9.52. The molecule has 144 valence electrons. The molecule has 1 aromatic carbocycles. The van der Waals surface area contributed by atoms with Gasteiger partial charge >= 0.3 is 0 Å². The van der Waals surface area contributed by atoms with Crippen LogP contribution in [0.15, 0.2) is 24.3 Å². The quantitative estimate of drug-likeness (QED) is 0.792. The number of halogens is 1. The van der Waals surface area contributed by atoms with Gasteiger partial charge in [-0.05, 0) is 38.3 Å². The maximum atomic E-state index is 12.9. The Morgan fingerprint density at radius 2 is 1.81 bits per heavy atom. The van der Waals surface area contributed by atoms with Crippen LogP contribution < -0.4 is 4.90 Å². The monoisotopic (exact) mass is 386 g/mol. The maximum Gasteiger partial charge on any atom is 0.255 e. The highest BCUT2D eigenvalue weighted by atomic mass is 35.5. The standard InChI is InChI=1S/C21H27ClN4O/c1-14(2)19-15(3)23-16(4)24-20(19)25-10-7-11-26(13-12-25)21(27)17-8-5-6-9-18(17)22/h5-6,8-9,14H,7,10-13H2,1-4H3. The minimum Gasteiger partial charge on any atom is -0.354 e. The van der Waals surface area contributed by atoms with Crippen LogP contribution in [0.1, 0.15) is 53.6 Å². The lowest BCUT2D eigenvalue weighted by Crippen LogP contribution is -2.36. The third kappa shape index (κ3) is 4.24. The van der Waals surface area contributed by atoms with E-state index in [-0.39, 0.29) is 5.91 Å². The molecule has 0 atom stereocenters. The number of nitrogens with zero attached hydrogens (tertiary/aromatic N) is 4. The zero-order valence-electron chi connectivity index (χ0n) is 16.5. The van der Waals surface area contributed by atoms with E-state index in [4.69, 9.17) is 16.6 Å². The summed E-state index contributed by atoms with van der Waals surface area (Å²) < 4.78 is 0. The Balaban J connectivity index is 1.82. The van der Waals surface area contributed by atoms with Gasteiger partial charge in [0.2, 0.25) is 0 Å². The van der Waals surface area contributed by atoms with Gasteiger partial charge in [0.05, 0.1) is 10.6 Å². The van der Waals surface area contributed by atoms with E-state index < -0.39 is 0 Å². The zero-order chi connectivity index (χ0) is 19.6. The predicted octanol–water partition coefficient (Wildman–Crippen LogP) is 4.22. The summed E-state index contributed by atoms with van der Waals surface area (Å²) >= 11 is 6.22.